The predicted molar refractivity (Wildman–Crippen MR) is 76.1 cm³/mol. The first-order valence-electron chi connectivity index (χ1n) is 6.82. The number of nitrogens with zero attached hydrogens (tertiary/aromatic N) is 1. The molecule has 0 aromatic heterocycles. The normalized spacial score (nSPS) is 23.4. The van der Waals surface area contributed by atoms with E-state index in [1.54, 1.807) is 18.2 Å². The van der Waals surface area contributed by atoms with E-state index in [1.165, 1.54) is 0 Å². The molecule has 2 rings (SSSR count). The number of hydrogen-bond donors (Lipinski definition) is 4. The highest BCUT2D eigenvalue weighted by atomic mass is 16.4. The average Bonchev–Trinajstić information content (AvgIpc) is 2.73. The topological polar surface area (TPSA) is 128 Å². The Kier molecular flexibility index (Phi) is 4.33. The van der Waals surface area contributed by atoms with Crippen LogP contribution in [-0.4, -0.2) is 28.2 Å². The first-order valence-corrected chi connectivity index (χ1v) is 6.82. The SMILES string of the molecule is N#Cc1cccc2c1C[C@H](CCCB(O)O)[C@]2(N)C(=O)O. The van der Waals surface area contributed by atoms with Crippen molar-refractivity contribution in [2.24, 2.45) is 11.7 Å². The molecule has 2 atom stereocenters. The summed E-state index contributed by atoms with van der Waals surface area (Å²) in [4.78, 5) is 11.7. The van der Waals surface area contributed by atoms with Crippen molar-refractivity contribution in [2.75, 3.05) is 0 Å². The zero-order valence-electron chi connectivity index (χ0n) is 11.5. The van der Waals surface area contributed by atoms with Crippen molar-refractivity contribution in [3.8, 4) is 6.07 Å². The molecule has 0 saturated heterocycles. The van der Waals surface area contributed by atoms with Crippen LogP contribution in [0.15, 0.2) is 18.2 Å². The molecule has 5 N–H and O–H groups in total. The van der Waals surface area contributed by atoms with Gasteiger partial charge in [-0.15, -0.1) is 0 Å². The Hall–Kier alpha value is -1.88. The Morgan fingerprint density at radius 3 is 2.81 bits per heavy atom. The highest BCUT2D eigenvalue weighted by Crippen LogP contribution is 2.43. The zero-order chi connectivity index (χ0) is 15.6. The molecular weight excluding hydrogens is 271 g/mol. The summed E-state index contributed by atoms with van der Waals surface area (Å²) in [5, 5.41) is 36.5. The van der Waals surface area contributed by atoms with Gasteiger partial charge in [-0.2, -0.15) is 5.26 Å². The van der Waals surface area contributed by atoms with Crippen LogP contribution in [0, 0.1) is 17.2 Å². The summed E-state index contributed by atoms with van der Waals surface area (Å²) in [5.41, 5.74) is 6.27. The second-order valence-electron chi connectivity index (χ2n) is 5.43. The van der Waals surface area contributed by atoms with Gasteiger partial charge in [-0.1, -0.05) is 18.6 Å². The van der Waals surface area contributed by atoms with E-state index in [-0.39, 0.29) is 12.2 Å². The molecule has 0 saturated carbocycles. The number of fused-ring (bicyclic) bond motifs is 1. The van der Waals surface area contributed by atoms with Gasteiger partial charge in [0.25, 0.3) is 0 Å². The molecule has 1 aliphatic rings. The molecule has 7 heteroatoms. The first-order chi connectivity index (χ1) is 9.91. The monoisotopic (exact) mass is 288 g/mol. The smallest absolute Gasteiger partial charge is 0.451 e. The molecule has 0 aliphatic heterocycles. The molecule has 1 aromatic carbocycles. The lowest BCUT2D eigenvalue weighted by molar-refractivity contribution is -0.145. The molecule has 1 aliphatic carbocycles. The number of aliphatic carboxylic acids is 1. The molecule has 0 heterocycles. The fourth-order valence-electron chi connectivity index (χ4n) is 3.09. The van der Waals surface area contributed by atoms with Gasteiger partial charge in [0, 0.05) is 0 Å². The van der Waals surface area contributed by atoms with Crippen LogP contribution in [0.1, 0.15) is 29.5 Å². The van der Waals surface area contributed by atoms with E-state index in [0.29, 0.717) is 36.0 Å². The van der Waals surface area contributed by atoms with Crippen molar-refractivity contribution < 1.29 is 19.9 Å². The lowest BCUT2D eigenvalue weighted by Gasteiger charge is -2.28. The molecule has 1 aromatic rings. The van der Waals surface area contributed by atoms with E-state index < -0.39 is 18.6 Å². The van der Waals surface area contributed by atoms with E-state index in [4.69, 9.17) is 21.0 Å². The Balaban J connectivity index is 2.33. The second-order valence-corrected chi connectivity index (χ2v) is 5.43. The number of nitriles is 1. The fourth-order valence-corrected chi connectivity index (χ4v) is 3.09. The summed E-state index contributed by atoms with van der Waals surface area (Å²) in [6.45, 7) is 0. The molecule has 0 radical (unpaired) electrons. The van der Waals surface area contributed by atoms with E-state index in [1.807, 2.05) is 0 Å². The minimum Gasteiger partial charge on any atom is -0.480 e. The molecule has 6 nitrogen and oxygen atoms in total. The van der Waals surface area contributed by atoms with E-state index in [2.05, 4.69) is 6.07 Å². The van der Waals surface area contributed by atoms with Gasteiger partial charge in [-0.3, -0.25) is 0 Å². The third kappa shape index (κ3) is 2.66. The third-order valence-corrected chi connectivity index (χ3v) is 4.21. The van der Waals surface area contributed by atoms with Gasteiger partial charge in [0.2, 0.25) is 0 Å². The average molecular weight is 288 g/mol. The van der Waals surface area contributed by atoms with Gasteiger partial charge in [-0.05, 0) is 42.3 Å². The second kappa shape index (κ2) is 5.86. The lowest BCUT2D eigenvalue weighted by Crippen LogP contribution is -2.48. The Morgan fingerprint density at radius 2 is 2.24 bits per heavy atom. The summed E-state index contributed by atoms with van der Waals surface area (Å²) in [5.74, 6) is -1.48. The molecular formula is C14H17BN2O4. The zero-order valence-corrected chi connectivity index (χ0v) is 11.5. The van der Waals surface area contributed by atoms with Crippen molar-refractivity contribution in [1.29, 1.82) is 5.26 Å². The van der Waals surface area contributed by atoms with Crippen LogP contribution in [-0.2, 0) is 16.8 Å². The van der Waals surface area contributed by atoms with Crippen LogP contribution >= 0.6 is 0 Å². The van der Waals surface area contributed by atoms with Crippen LogP contribution in [0.5, 0.6) is 0 Å². The van der Waals surface area contributed by atoms with Gasteiger partial charge in [0.15, 0.2) is 0 Å². The van der Waals surface area contributed by atoms with Crippen LogP contribution in [0.3, 0.4) is 0 Å². The van der Waals surface area contributed by atoms with Crippen LogP contribution in [0.4, 0.5) is 0 Å². The van der Waals surface area contributed by atoms with Gasteiger partial charge >= 0.3 is 13.1 Å². The van der Waals surface area contributed by atoms with Gasteiger partial charge < -0.3 is 20.9 Å². The van der Waals surface area contributed by atoms with Crippen molar-refractivity contribution in [2.45, 2.75) is 31.1 Å². The minimum atomic E-state index is -1.53. The number of carboxylic acid groups (broad SMARTS) is 1. The number of nitrogens with two attached hydrogens (primary N) is 1. The maximum Gasteiger partial charge on any atom is 0.451 e. The largest absolute Gasteiger partial charge is 0.480 e. The maximum atomic E-state index is 11.7. The Bertz CT molecular complexity index is 599. The highest BCUT2D eigenvalue weighted by molar-refractivity contribution is 6.40. The van der Waals surface area contributed by atoms with Gasteiger partial charge in [0.05, 0.1) is 11.6 Å². The molecule has 0 fully saturated rings. The summed E-state index contributed by atoms with van der Waals surface area (Å²) in [6.07, 6.45) is 1.52. The van der Waals surface area contributed by atoms with Crippen molar-refractivity contribution in [3.05, 3.63) is 34.9 Å². The van der Waals surface area contributed by atoms with Crippen molar-refractivity contribution in [3.63, 3.8) is 0 Å². The molecule has 0 amide bonds. The maximum absolute atomic E-state index is 11.7. The summed E-state index contributed by atoms with van der Waals surface area (Å²) < 4.78 is 0. The molecule has 0 bridgehead atoms. The highest BCUT2D eigenvalue weighted by Gasteiger charge is 2.50. The number of carboxylic acids is 1. The molecule has 21 heavy (non-hydrogen) atoms. The third-order valence-electron chi connectivity index (χ3n) is 4.21. The summed E-state index contributed by atoms with van der Waals surface area (Å²) in [7, 11) is -1.40. The Labute approximate surface area is 123 Å². The quantitative estimate of drug-likeness (QED) is 0.574. The Morgan fingerprint density at radius 1 is 1.52 bits per heavy atom. The number of benzene rings is 1. The van der Waals surface area contributed by atoms with E-state index in [0.717, 1.165) is 0 Å². The standard InChI is InChI=1S/C14H17BN2O4/c16-8-9-3-1-5-12-11(9)7-10(4-2-6-15(20)21)14(12,17)13(18)19/h1,3,5,10,20-21H,2,4,6-7,17H2,(H,18,19)/t10-,14+/m0/s1. The fraction of sp³-hybridized carbons (Fsp3) is 0.429. The van der Waals surface area contributed by atoms with Gasteiger partial charge in [-0.25, -0.2) is 4.79 Å². The molecule has 110 valence electrons. The summed E-state index contributed by atoms with van der Waals surface area (Å²) >= 11 is 0. The van der Waals surface area contributed by atoms with Crippen molar-refractivity contribution in [1.82, 2.24) is 0 Å². The first kappa shape index (κ1) is 15.5. The van der Waals surface area contributed by atoms with E-state index in [9.17, 15) is 9.90 Å². The number of carbonyl (C=O) groups is 1. The molecule has 0 unspecified atom stereocenters. The summed E-state index contributed by atoms with van der Waals surface area (Å²) in [6, 6.07) is 7.02. The number of rotatable bonds is 5. The minimum absolute atomic E-state index is 0.174. The lowest BCUT2D eigenvalue weighted by atomic mass is 9.77. The van der Waals surface area contributed by atoms with Crippen molar-refractivity contribution >= 4 is 13.1 Å². The van der Waals surface area contributed by atoms with E-state index >= 15 is 0 Å². The van der Waals surface area contributed by atoms with Crippen LogP contribution < -0.4 is 5.73 Å². The number of hydrogen-bond acceptors (Lipinski definition) is 5. The predicted octanol–water partition coefficient (Wildman–Crippen LogP) is 0.222. The van der Waals surface area contributed by atoms with Crippen LogP contribution in [0.25, 0.3) is 0 Å². The van der Waals surface area contributed by atoms with Gasteiger partial charge in [0.1, 0.15) is 5.54 Å². The molecule has 0 spiro atoms. The van der Waals surface area contributed by atoms with Crippen LogP contribution in [0.2, 0.25) is 6.32 Å².